The molecule has 4 aromatic rings. The third kappa shape index (κ3) is 15.5. The van der Waals surface area contributed by atoms with Crippen molar-refractivity contribution < 1.29 is 82.5 Å². The molecule has 0 saturated carbocycles. The molecule has 330 valence electrons. The fourth-order valence-corrected chi connectivity index (χ4v) is 5.19. The van der Waals surface area contributed by atoms with E-state index in [1.165, 1.54) is 60.7 Å². The van der Waals surface area contributed by atoms with Crippen LogP contribution in [-0.4, -0.2) is 113 Å². The van der Waals surface area contributed by atoms with Crippen molar-refractivity contribution in [3.8, 4) is 23.0 Å². The number of aliphatic carboxylic acids is 4. The number of aliphatic imine (C=N–C) groups is 1. The summed E-state index contributed by atoms with van der Waals surface area (Å²) in [4.78, 5) is 101. The van der Waals surface area contributed by atoms with Gasteiger partial charge in [0.05, 0.1) is 42.9 Å². The van der Waals surface area contributed by atoms with Crippen molar-refractivity contribution in [2.24, 2.45) is 16.5 Å². The van der Waals surface area contributed by atoms with Gasteiger partial charge in [-0.15, -0.1) is 0 Å². The van der Waals surface area contributed by atoms with Gasteiger partial charge in [-0.3, -0.25) is 19.2 Å². The van der Waals surface area contributed by atoms with E-state index in [2.05, 4.69) is 15.6 Å². The number of carboxylic acids is 4. The number of benzene rings is 4. The zero-order valence-corrected chi connectivity index (χ0v) is 32.8. The van der Waals surface area contributed by atoms with E-state index in [4.69, 9.17) is 45.4 Å². The van der Waals surface area contributed by atoms with Gasteiger partial charge in [-0.1, -0.05) is 18.2 Å². The lowest BCUT2D eigenvalue weighted by Crippen LogP contribution is -2.42. The zero-order valence-electron chi connectivity index (χ0n) is 32.8. The van der Waals surface area contributed by atoms with Gasteiger partial charge >= 0.3 is 35.8 Å². The molecule has 22 nitrogen and oxygen atoms in total. The van der Waals surface area contributed by atoms with Crippen molar-refractivity contribution in [3.63, 3.8) is 0 Å². The van der Waals surface area contributed by atoms with Crippen LogP contribution in [0.1, 0.15) is 54.3 Å². The third-order valence-corrected chi connectivity index (χ3v) is 8.03. The summed E-state index contributed by atoms with van der Waals surface area (Å²) in [6, 6.07) is 17.1. The van der Waals surface area contributed by atoms with Crippen molar-refractivity contribution in [1.82, 2.24) is 10.6 Å². The molecule has 0 aromatic heterocycles. The molecule has 22 heteroatoms. The SMILES string of the molecule is NC(N)=Nc1ccc(C(=O)Oc2cc(OCCOCCOc3cc(OC(=O)c4ccccc4)cc(C(=O)N[C@H](CC(=O)O)C(=O)O)c3)cc(C(=O)N[C@H](CC(=O)O)C(=O)O)c2)cc1. The lowest BCUT2D eigenvalue weighted by molar-refractivity contribution is -0.145. The molecular weight excluding hydrogens is 834 g/mol. The summed E-state index contributed by atoms with van der Waals surface area (Å²) in [7, 11) is 0. The first-order valence-corrected chi connectivity index (χ1v) is 18.3. The first-order chi connectivity index (χ1) is 30.0. The van der Waals surface area contributed by atoms with E-state index in [0.717, 1.165) is 12.1 Å². The molecule has 0 bridgehead atoms. The van der Waals surface area contributed by atoms with Gasteiger partial charge in [0.1, 0.15) is 48.3 Å². The Labute approximate surface area is 356 Å². The highest BCUT2D eigenvalue weighted by atomic mass is 16.6. The molecule has 0 fully saturated rings. The molecule has 0 aliphatic heterocycles. The van der Waals surface area contributed by atoms with Crippen LogP contribution in [0.5, 0.6) is 23.0 Å². The number of rotatable bonds is 23. The van der Waals surface area contributed by atoms with Crippen LogP contribution in [0, 0.1) is 0 Å². The van der Waals surface area contributed by atoms with E-state index in [1.807, 2.05) is 0 Å². The molecule has 0 unspecified atom stereocenters. The molecule has 0 aliphatic rings. The van der Waals surface area contributed by atoms with Crippen molar-refractivity contribution >= 4 is 59.3 Å². The average molecular weight is 874 g/mol. The minimum absolute atomic E-state index is 0.0150. The van der Waals surface area contributed by atoms with Crippen LogP contribution in [0.3, 0.4) is 0 Å². The highest BCUT2D eigenvalue weighted by Crippen LogP contribution is 2.26. The maximum absolute atomic E-state index is 13.1. The molecule has 4 rings (SSSR count). The number of ether oxygens (including phenoxy) is 5. The zero-order chi connectivity index (χ0) is 46.1. The van der Waals surface area contributed by atoms with Gasteiger partial charge < -0.3 is 66.2 Å². The first kappa shape index (κ1) is 47.2. The summed E-state index contributed by atoms with van der Waals surface area (Å²) in [5.74, 6) is -10.5. The molecule has 0 spiro atoms. The third-order valence-electron chi connectivity index (χ3n) is 8.03. The fourth-order valence-electron chi connectivity index (χ4n) is 5.19. The Morgan fingerprint density at radius 1 is 0.524 bits per heavy atom. The normalized spacial score (nSPS) is 11.4. The first-order valence-electron chi connectivity index (χ1n) is 18.3. The number of amides is 2. The van der Waals surface area contributed by atoms with Gasteiger partial charge in [0.25, 0.3) is 11.8 Å². The monoisotopic (exact) mass is 873 g/mol. The van der Waals surface area contributed by atoms with Crippen LogP contribution >= 0.6 is 0 Å². The van der Waals surface area contributed by atoms with E-state index >= 15 is 0 Å². The maximum atomic E-state index is 13.1. The summed E-state index contributed by atoms with van der Waals surface area (Å²) in [6.45, 7) is -0.513. The van der Waals surface area contributed by atoms with Crippen molar-refractivity contribution in [1.29, 1.82) is 0 Å². The molecule has 4 aromatic carbocycles. The Hall–Kier alpha value is -8.53. The second-order valence-electron chi connectivity index (χ2n) is 12.8. The smallest absolute Gasteiger partial charge is 0.343 e. The Balaban J connectivity index is 1.43. The molecule has 63 heavy (non-hydrogen) atoms. The second-order valence-corrected chi connectivity index (χ2v) is 12.8. The molecule has 10 N–H and O–H groups in total. The summed E-state index contributed by atoms with van der Waals surface area (Å²) in [6.07, 6.45) is -1.84. The van der Waals surface area contributed by atoms with E-state index in [1.54, 1.807) is 18.2 Å². The predicted octanol–water partition coefficient (Wildman–Crippen LogP) is 1.82. The lowest BCUT2D eigenvalue weighted by atomic mass is 10.1. The maximum Gasteiger partial charge on any atom is 0.343 e. The lowest BCUT2D eigenvalue weighted by Gasteiger charge is -2.15. The van der Waals surface area contributed by atoms with E-state index < -0.39 is 72.6 Å². The summed E-state index contributed by atoms with van der Waals surface area (Å²) in [5, 5.41) is 41.1. The van der Waals surface area contributed by atoms with Crippen molar-refractivity contribution in [2.75, 3.05) is 26.4 Å². The molecular formula is C41H39N5O17. The number of carbonyl (C=O) groups excluding carboxylic acids is 4. The number of hydrogen-bond acceptors (Lipinski definition) is 14. The van der Waals surface area contributed by atoms with Crippen molar-refractivity contribution in [3.05, 3.63) is 113 Å². The van der Waals surface area contributed by atoms with Crippen LogP contribution in [0.4, 0.5) is 5.69 Å². The standard InChI is InChI=1S/C41H39N5O17/c42-41(43)44-26-8-6-23(7-9-26)40(58)63-30-17-25(36(52)46-32(38(55)56)21-34(49)50)15-28(19-30)61-13-11-59-10-12-60-27-14-24(35(51)45-31(37(53)54)20-33(47)48)16-29(18-27)62-39(57)22-4-2-1-3-5-22/h1-9,14-19,31-32H,10-13,20-21H2,(H,45,51)(H,46,52)(H,47,48)(H,49,50)(H,53,54)(H,55,56)(H4,42,43,44)/t31-,32-/m1/s1. The molecule has 0 aliphatic carbocycles. The predicted molar refractivity (Wildman–Crippen MR) is 215 cm³/mol. The topological polar surface area (TPSA) is 352 Å². The van der Waals surface area contributed by atoms with E-state index in [9.17, 15) is 48.6 Å². The van der Waals surface area contributed by atoms with Crippen LogP contribution < -0.4 is 41.0 Å². The minimum atomic E-state index is -1.80. The van der Waals surface area contributed by atoms with Crippen LogP contribution in [0.2, 0.25) is 0 Å². The van der Waals surface area contributed by atoms with Gasteiger partial charge in [-0.2, -0.15) is 0 Å². The number of nitrogens with one attached hydrogen (secondary N) is 2. The van der Waals surface area contributed by atoms with Gasteiger partial charge in [0.2, 0.25) is 0 Å². The number of esters is 2. The average Bonchev–Trinajstić information content (AvgIpc) is 3.22. The summed E-state index contributed by atoms with van der Waals surface area (Å²) < 4.78 is 27.8. The largest absolute Gasteiger partial charge is 0.491 e. The van der Waals surface area contributed by atoms with Gasteiger partial charge in [-0.25, -0.2) is 24.2 Å². The quantitative estimate of drug-likeness (QED) is 0.0173. The fraction of sp³-hybridized carbons (Fsp3) is 0.195. The van der Waals surface area contributed by atoms with Crippen LogP contribution in [0.25, 0.3) is 0 Å². The molecule has 0 heterocycles. The summed E-state index contributed by atoms with van der Waals surface area (Å²) >= 11 is 0. The Morgan fingerprint density at radius 3 is 1.33 bits per heavy atom. The second kappa shape index (κ2) is 22.7. The molecule has 0 radical (unpaired) electrons. The molecule has 0 saturated heterocycles. The number of nitrogens with two attached hydrogens (primary N) is 2. The van der Waals surface area contributed by atoms with Crippen LogP contribution in [-0.2, 0) is 23.9 Å². The van der Waals surface area contributed by atoms with E-state index in [-0.39, 0.29) is 77.6 Å². The van der Waals surface area contributed by atoms with Gasteiger partial charge in [0, 0.05) is 23.3 Å². The number of nitrogens with zero attached hydrogens (tertiary/aromatic N) is 1. The number of carboxylic acid groups (broad SMARTS) is 4. The Kier molecular flexibility index (Phi) is 17.0. The Bertz CT molecular complexity index is 2370. The van der Waals surface area contributed by atoms with E-state index in [0.29, 0.717) is 5.69 Å². The van der Waals surface area contributed by atoms with Crippen molar-refractivity contribution in [2.45, 2.75) is 24.9 Å². The molecule has 2 amide bonds. The Morgan fingerprint density at radius 2 is 0.937 bits per heavy atom. The number of carbonyl (C=O) groups is 8. The van der Waals surface area contributed by atoms with Gasteiger partial charge in [0.15, 0.2) is 5.96 Å². The van der Waals surface area contributed by atoms with Crippen LogP contribution in [0.15, 0.2) is 96.0 Å². The highest BCUT2D eigenvalue weighted by Gasteiger charge is 2.26. The minimum Gasteiger partial charge on any atom is -0.491 e. The highest BCUT2D eigenvalue weighted by molar-refractivity contribution is 6.00. The number of hydrogen-bond donors (Lipinski definition) is 8. The van der Waals surface area contributed by atoms with Gasteiger partial charge in [-0.05, 0) is 60.7 Å². The molecule has 2 atom stereocenters. The number of guanidine groups is 1. The summed E-state index contributed by atoms with van der Waals surface area (Å²) in [5.41, 5.74) is 10.9.